The summed E-state index contributed by atoms with van der Waals surface area (Å²) in [5, 5.41) is 0. The Kier molecular flexibility index (Phi) is 4.30. The first-order valence-electron chi connectivity index (χ1n) is 6.29. The van der Waals surface area contributed by atoms with Gasteiger partial charge in [0.15, 0.2) is 0 Å². The van der Waals surface area contributed by atoms with Crippen molar-refractivity contribution in [2.24, 2.45) is 11.1 Å². The molecule has 1 aromatic carbocycles. The maximum absolute atomic E-state index is 12.1. The molecule has 2 N–H and O–H groups in total. The van der Waals surface area contributed by atoms with E-state index in [-0.39, 0.29) is 11.3 Å². The molecule has 0 aromatic heterocycles. The van der Waals surface area contributed by atoms with Crippen molar-refractivity contribution in [2.75, 3.05) is 25.4 Å². The van der Waals surface area contributed by atoms with Crippen LogP contribution in [0.15, 0.2) is 35.2 Å². The smallest absolute Gasteiger partial charge is 0.232 e. The maximum Gasteiger partial charge on any atom is 0.232 e. The molecule has 0 bridgehead atoms. The lowest BCUT2D eigenvalue weighted by Crippen LogP contribution is -2.35. The van der Waals surface area contributed by atoms with Gasteiger partial charge < -0.3 is 10.6 Å². The summed E-state index contributed by atoms with van der Waals surface area (Å²) in [6.07, 6.45) is 1.02. The fourth-order valence-corrected chi connectivity index (χ4v) is 2.98. The second-order valence-corrected chi connectivity index (χ2v) is 6.23. The molecule has 1 atom stereocenters. The molecule has 0 saturated carbocycles. The Hall–Kier alpha value is -1.00. The number of nitrogens with zero attached hydrogens (tertiary/aromatic N) is 1. The van der Waals surface area contributed by atoms with Crippen molar-refractivity contribution in [1.82, 2.24) is 4.90 Å². The van der Waals surface area contributed by atoms with Gasteiger partial charge in [-0.05, 0) is 30.5 Å². The highest BCUT2D eigenvalue weighted by atomic mass is 32.2. The molecular formula is C14H20N2OS. The molecule has 1 amide bonds. The fourth-order valence-electron chi connectivity index (χ4n) is 2.16. The van der Waals surface area contributed by atoms with E-state index in [9.17, 15) is 4.79 Å². The number of hydrogen-bond acceptors (Lipinski definition) is 3. The lowest BCUT2D eigenvalue weighted by molar-refractivity contribution is -0.127. The standard InChI is InChI=1S/C14H20N2OS/c1-14(10-15)7-8-16(11-14)13(17)9-18-12-5-3-2-4-6-12/h2-6H,7-11,15H2,1H3. The van der Waals surface area contributed by atoms with E-state index in [1.54, 1.807) is 11.8 Å². The Morgan fingerprint density at radius 2 is 2.17 bits per heavy atom. The van der Waals surface area contributed by atoms with E-state index in [4.69, 9.17) is 5.73 Å². The van der Waals surface area contributed by atoms with Crippen LogP contribution in [0.4, 0.5) is 0 Å². The molecule has 98 valence electrons. The Balaban J connectivity index is 1.83. The Labute approximate surface area is 113 Å². The number of benzene rings is 1. The lowest BCUT2D eigenvalue weighted by atomic mass is 9.90. The average molecular weight is 264 g/mol. The molecule has 3 nitrogen and oxygen atoms in total. The molecule has 1 saturated heterocycles. The van der Waals surface area contributed by atoms with Crippen LogP contribution in [-0.2, 0) is 4.79 Å². The van der Waals surface area contributed by atoms with E-state index in [0.29, 0.717) is 12.3 Å². The molecular weight excluding hydrogens is 244 g/mol. The molecule has 4 heteroatoms. The van der Waals surface area contributed by atoms with Crippen molar-refractivity contribution in [1.29, 1.82) is 0 Å². The molecule has 18 heavy (non-hydrogen) atoms. The van der Waals surface area contributed by atoms with Crippen molar-refractivity contribution < 1.29 is 4.79 Å². The van der Waals surface area contributed by atoms with E-state index in [1.165, 1.54) is 0 Å². The van der Waals surface area contributed by atoms with E-state index in [1.807, 2.05) is 35.2 Å². The van der Waals surface area contributed by atoms with Gasteiger partial charge in [0, 0.05) is 18.0 Å². The Morgan fingerprint density at radius 3 is 2.78 bits per heavy atom. The Bertz CT molecular complexity index is 410. The SMILES string of the molecule is CC1(CN)CCN(C(=O)CSc2ccccc2)C1. The third kappa shape index (κ3) is 3.27. The van der Waals surface area contributed by atoms with Crippen molar-refractivity contribution in [3.05, 3.63) is 30.3 Å². The maximum atomic E-state index is 12.1. The molecule has 1 aromatic rings. The van der Waals surface area contributed by atoms with Gasteiger partial charge >= 0.3 is 0 Å². The van der Waals surface area contributed by atoms with Crippen LogP contribution in [0.2, 0.25) is 0 Å². The zero-order chi connectivity index (χ0) is 13.0. The van der Waals surface area contributed by atoms with Crippen LogP contribution in [0, 0.1) is 5.41 Å². The van der Waals surface area contributed by atoms with Gasteiger partial charge in [0.2, 0.25) is 5.91 Å². The predicted octanol–water partition coefficient (Wildman–Crippen LogP) is 1.98. The summed E-state index contributed by atoms with van der Waals surface area (Å²) in [6, 6.07) is 10.0. The average Bonchev–Trinajstić information content (AvgIpc) is 2.81. The van der Waals surface area contributed by atoms with Gasteiger partial charge in [0.25, 0.3) is 0 Å². The first kappa shape index (κ1) is 13.4. The number of likely N-dealkylation sites (tertiary alicyclic amines) is 1. The van der Waals surface area contributed by atoms with Gasteiger partial charge in [-0.1, -0.05) is 25.1 Å². The molecule has 1 unspecified atom stereocenters. The van der Waals surface area contributed by atoms with E-state index in [2.05, 4.69) is 6.92 Å². The molecule has 0 radical (unpaired) electrons. The third-order valence-corrected chi connectivity index (χ3v) is 4.51. The zero-order valence-electron chi connectivity index (χ0n) is 10.8. The highest BCUT2D eigenvalue weighted by Crippen LogP contribution is 2.29. The lowest BCUT2D eigenvalue weighted by Gasteiger charge is -2.22. The third-order valence-electron chi connectivity index (χ3n) is 3.51. The molecule has 2 rings (SSSR count). The minimum atomic E-state index is 0.118. The summed E-state index contributed by atoms with van der Waals surface area (Å²) in [6.45, 7) is 4.47. The van der Waals surface area contributed by atoms with Crippen LogP contribution >= 0.6 is 11.8 Å². The Morgan fingerprint density at radius 1 is 1.44 bits per heavy atom. The van der Waals surface area contributed by atoms with Gasteiger partial charge in [-0.25, -0.2) is 0 Å². The van der Waals surface area contributed by atoms with Crippen molar-refractivity contribution in [2.45, 2.75) is 18.2 Å². The fraction of sp³-hybridized carbons (Fsp3) is 0.500. The molecule has 0 spiro atoms. The number of rotatable bonds is 4. The minimum Gasteiger partial charge on any atom is -0.341 e. The number of hydrogen-bond donors (Lipinski definition) is 1. The summed E-state index contributed by atoms with van der Waals surface area (Å²) < 4.78 is 0. The molecule has 1 fully saturated rings. The highest BCUT2D eigenvalue weighted by molar-refractivity contribution is 8.00. The summed E-state index contributed by atoms with van der Waals surface area (Å²) in [4.78, 5) is 15.2. The number of nitrogens with two attached hydrogens (primary N) is 1. The summed E-state index contributed by atoms with van der Waals surface area (Å²) in [7, 11) is 0. The second-order valence-electron chi connectivity index (χ2n) is 5.18. The van der Waals surface area contributed by atoms with Gasteiger partial charge in [-0.2, -0.15) is 0 Å². The van der Waals surface area contributed by atoms with E-state index < -0.39 is 0 Å². The quantitative estimate of drug-likeness (QED) is 0.846. The van der Waals surface area contributed by atoms with Crippen LogP contribution in [-0.4, -0.2) is 36.2 Å². The van der Waals surface area contributed by atoms with Crippen LogP contribution in [0.1, 0.15) is 13.3 Å². The number of thioether (sulfide) groups is 1. The first-order valence-corrected chi connectivity index (χ1v) is 7.27. The summed E-state index contributed by atoms with van der Waals surface area (Å²) in [5.41, 5.74) is 5.87. The minimum absolute atomic E-state index is 0.118. The topological polar surface area (TPSA) is 46.3 Å². The van der Waals surface area contributed by atoms with Gasteiger partial charge in [0.1, 0.15) is 0 Å². The normalized spacial score (nSPS) is 23.3. The predicted molar refractivity (Wildman–Crippen MR) is 75.5 cm³/mol. The van der Waals surface area contributed by atoms with Gasteiger partial charge in [-0.3, -0.25) is 4.79 Å². The van der Waals surface area contributed by atoms with Crippen molar-refractivity contribution in [3.8, 4) is 0 Å². The summed E-state index contributed by atoms with van der Waals surface area (Å²) >= 11 is 1.60. The van der Waals surface area contributed by atoms with Crippen molar-refractivity contribution in [3.63, 3.8) is 0 Å². The van der Waals surface area contributed by atoms with E-state index >= 15 is 0 Å². The van der Waals surface area contributed by atoms with Crippen molar-refractivity contribution >= 4 is 17.7 Å². The van der Waals surface area contributed by atoms with Crippen LogP contribution in [0.3, 0.4) is 0 Å². The first-order chi connectivity index (χ1) is 8.63. The van der Waals surface area contributed by atoms with E-state index in [0.717, 1.165) is 24.4 Å². The summed E-state index contributed by atoms with van der Waals surface area (Å²) in [5.74, 6) is 0.742. The van der Waals surface area contributed by atoms with Crippen LogP contribution in [0.25, 0.3) is 0 Å². The molecule has 1 heterocycles. The van der Waals surface area contributed by atoms with Gasteiger partial charge in [0.05, 0.1) is 5.75 Å². The van der Waals surface area contributed by atoms with Gasteiger partial charge in [-0.15, -0.1) is 11.8 Å². The number of carbonyl (C=O) groups excluding carboxylic acids is 1. The molecule has 1 aliphatic heterocycles. The molecule has 0 aliphatic carbocycles. The van der Waals surface area contributed by atoms with Crippen LogP contribution in [0.5, 0.6) is 0 Å². The largest absolute Gasteiger partial charge is 0.341 e. The van der Waals surface area contributed by atoms with Crippen LogP contribution < -0.4 is 5.73 Å². The molecule has 1 aliphatic rings. The highest BCUT2D eigenvalue weighted by Gasteiger charge is 2.34. The monoisotopic (exact) mass is 264 g/mol. The second kappa shape index (κ2) is 5.76. The number of carbonyl (C=O) groups is 1. The number of amides is 1. The zero-order valence-corrected chi connectivity index (χ0v) is 11.6.